The van der Waals surface area contributed by atoms with Crippen LogP contribution in [0.5, 0.6) is 0 Å². The van der Waals surface area contributed by atoms with E-state index in [4.69, 9.17) is 9.78 Å². The quantitative estimate of drug-likeness (QED) is 0.161. The summed E-state index contributed by atoms with van der Waals surface area (Å²) in [5, 5.41) is 20.7. The molecule has 0 amide bonds. The number of benzene rings is 1. The lowest BCUT2D eigenvalue weighted by molar-refractivity contribution is -0.394. The highest BCUT2D eigenvalue weighted by Gasteiger charge is 2.85. The fraction of sp³-hybridized carbons (Fsp3) is 0.636. The Morgan fingerprint density at radius 3 is 2.17 bits per heavy atom. The molecule has 1 aromatic carbocycles. The van der Waals surface area contributed by atoms with Crippen molar-refractivity contribution in [2.45, 2.75) is 97.6 Å². The summed E-state index contributed by atoms with van der Waals surface area (Å²) < 4.78 is 0. The van der Waals surface area contributed by atoms with Gasteiger partial charge in [0.15, 0.2) is 28.5 Å². The summed E-state index contributed by atoms with van der Waals surface area (Å²) in [6.45, 7) is 13.2. The Labute approximate surface area is 246 Å². The van der Waals surface area contributed by atoms with Crippen LogP contribution in [0, 0.1) is 33.5 Å². The van der Waals surface area contributed by atoms with E-state index in [1.165, 1.54) is 26.0 Å². The molecule has 1 aromatic rings. The van der Waals surface area contributed by atoms with E-state index in [9.17, 15) is 15.2 Å². The predicted molar refractivity (Wildman–Crippen MR) is 151 cm³/mol. The molecule has 228 valence electrons. The number of hydrogen-bond donors (Lipinski definition) is 2. The minimum atomic E-state index is -2.21. The molecule has 1 aliphatic heterocycles. The van der Waals surface area contributed by atoms with E-state index in [1.54, 1.807) is 71.9 Å². The zero-order valence-corrected chi connectivity index (χ0v) is 25.6. The molecule has 42 heavy (non-hydrogen) atoms. The lowest BCUT2D eigenvalue weighted by Crippen LogP contribution is -2.76. The molecular weight excluding hydrogens is 540 g/mol. The Morgan fingerprint density at radius 2 is 1.60 bits per heavy atom. The number of allylic oxidation sites excluding steroid dienone is 1. The van der Waals surface area contributed by atoms with Crippen LogP contribution in [0.25, 0.3) is 0 Å². The van der Waals surface area contributed by atoms with Crippen LogP contribution >= 0.6 is 0 Å². The smallest absolute Gasteiger partial charge is 0.184 e. The normalized spacial score (nSPS) is 37.5. The van der Waals surface area contributed by atoms with Gasteiger partial charge in [0.25, 0.3) is 0 Å². The zero-order chi connectivity index (χ0) is 31.3. The number of aliphatic hydroxyl groups is 1. The van der Waals surface area contributed by atoms with Gasteiger partial charge in [-0.2, -0.15) is 0 Å². The molecule has 5 fully saturated rings. The minimum absolute atomic E-state index is 0.0785. The van der Waals surface area contributed by atoms with Gasteiger partial charge >= 0.3 is 0 Å². The molecule has 0 unspecified atom stereocenters. The van der Waals surface area contributed by atoms with Gasteiger partial charge in [0, 0.05) is 11.5 Å². The number of carbonyl (C=O) groups is 4. The molecule has 1 saturated heterocycles. The van der Waals surface area contributed by atoms with Crippen LogP contribution in [-0.2, 0) is 29.0 Å². The lowest BCUT2D eigenvalue weighted by atomic mass is 9.36. The molecule has 9 heteroatoms. The fourth-order valence-electron chi connectivity index (χ4n) is 8.31. The second-order valence-corrected chi connectivity index (χ2v) is 14.9. The Hall–Kier alpha value is -2.56. The number of ketones is 4. The first kappa shape index (κ1) is 30.9. The number of Topliss-reactive ketones (excluding diaryl/α,β-unsaturated/α-hetero) is 4. The van der Waals surface area contributed by atoms with Crippen LogP contribution in [0.1, 0.15) is 85.0 Å². The SMILES string of the molecule is CC(C)(/C=C/[C@@]12C[C@H]3C[C@H]4C(C)(C)OO[C@@H](C(C)(C)O)C[C@]4(C1=O)C(=O)[C@@](C(=O)c1ccccc1)(C2=O)C3(C)C)OO. The van der Waals surface area contributed by atoms with Gasteiger partial charge in [0.1, 0.15) is 22.7 Å². The third-order valence-corrected chi connectivity index (χ3v) is 10.9. The monoisotopic (exact) mass is 582 g/mol. The highest BCUT2D eigenvalue weighted by molar-refractivity contribution is 6.42. The Kier molecular flexibility index (Phi) is 6.78. The molecule has 6 rings (SSSR count). The van der Waals surface area contributed by atoms with E-state index in [-0.39, 0.29) is 18.4 Å². The molecule has 4 aliphatic carbocycles. The van der Waals surface area contributed by atoms with Gasteiger partial charge < -0.3 is 5.11 Å². The van der Waals surface area contributed by atoms with Crippen LogP contribution in [0.2, 0.25) is 0 Å². The molecule has 0 aromatic heterocycles. The largest absolute Gasteiger partial charge is 0.388 e. The van der Waals surface area contributed by atoms with Crippen molar-refractivity contribution in [2.75, 3.05) is 0 Å². The molecule has 0 radical (unpaired) electrons. The maximum atomic E-state index is 15.5. The second kappa shape index (κ2) is 9.22. The number of rotatable bonds is 6. The van der Waals surface area contributed by atoms with Crippen LogP contribution in [0.15, 0.2) is 42.5 Å². The highest BCUT2D eigenvalue weighted by Crippen LogP contribution is 2.73. The van der Waals surface area contributed by atoms with E-state index in [1.807, 2.05) is 0 Å². The molecule has 1 spiro atoms. The van der Waals surface area contributed by atoms with E-state index in [0.29, 0.717) is 6.42 Å². The Balaban J connectivity index is 1.92. The zero-order valence-electron chi connectivity index (χ0n) is 25.6. The van der Waals surface area contributed by atoms with E-state index >= 15 is 14.4 Å². The van der Waals surface area contributed by atoms with Gasteiger partial charge in [0.05, 0.1) is 11.0 Å². The maximum absolute atomic E-state index is 15.5. The van der Waals surface area contributed by atoms with E-state index < -0.39 is 79.5 Å². The number of carbonyl (C=O) groups excluding carboxylic acids is 4. The van der Waals surface area contributed by atoms with E-state index in [2.05, 4.69) is 4.89 Å². The van der Waals surface area contributed by atoms with Crippen LogP contribution < -0.4 is 0 Å². The van der Waals surface area contributed by atoms with Crippen molar-refractivity contribution in [3.05, 3.63) is 48.0 Å². The minimum Gasteiger partial charge on any atom is -0.388 e. The Bertz CT molecular complexity index is 1370. The highest BCUT2D eigenvalue weighted by atomic mass is 17.2. The summed E-state index contributed by atoms with van der Waals surface area (Å²) in [6, 6.07) is 8.26. The average Bonchev–Trinajstić information content (AvgIpc) is 3.12. The first-order valence-corrected chi connectivity index (χ1v) is 14.6. The molecule has 4 saturated carbocycles. The van der Waals surface area contributed by atoms with Gasteiger partial charge in [-0.1, -0.05) is 56.3 Å². The maximum Gasteiger partial charge on any atom is 0.184 e. The summed E-state index contributed by atoms with van der Waals surface area (Å²) in [5.74, 6) is -3.95. The third-order valence-electron chi connectivity index (χ3n) is 10.9. The molecule has 1 heterocycles. The van der Waals surface area contributed by atoms with Gasteiger partial charge in [0.2, 0.25) is 0 Å². The molecule has 4 bridgehead atoms. The van der Waals surface area contributed by atoms with Crippen molar-refractivity contribution in [1.82, 2.24) is 0 Å². The van der Waals surface area contributed by atoms with Crippen molar-refractivity contribution in [3.8, 4) is 0 Å². The average molecular weight is 583 g/mol. The predicted octanol–water partition coefficient (Wildman–Crippen LogP) is 4.71. The third kappa shape index (κ3) is 3.80. The Morgan fingerprint density at radius 1 is 0.976 bits per heavy atom. The molecule has 9 nitrogen and oxygen atoms in total. The lowest BCUT2D eigenvalue weighted by Gasteiger charge is -2.60. The van der Waals surface area contributed by atoms with Gasteiger partial charge in [-0.05, 0) is 72.1 Å². The van der Waals surface area contributed by atoms with Gasteiger partial charge in [-0.3, -0.25) is 24.4 Å². The summed E-state index contributed by atoms with van der Waals surface area (Å²) in [4.78, 5) is 77.0. The van der Waals surface area contributed by atoms with Crippen molar-refractivity contribution in [1.29, 1.82) is 0 Å². The van der Waals surface area contributed by atoms with Crippen LogP contribution in [-0.4, -0.2) is 56.4 Å². The van der Waals surface area contributed by atoms with Crippen molar-refractivity contribution < 1.29 is 44.2 Å². The first-order valence-electron chi connectivity index (χ1n) is 14.6. The molecule has 5 aliphatic rings. The van der Waals surface area contributed by atoms with Crippen LogP contribution in [0.3, 0.4) is 0 Å². The van der Waals surface area contributed by atoms with Gasteiger partial charge in [-0.25, -0.2) is 14.7 Å². The number of hydrogen-bond acceptors (Lipinski definition) is 9. The molecule has 6 atom stereocenters. The summed E-state index contributed by atoms with van der Waals surface area (Å²) in [5.41, 5.74) is -10.9. The molecular formula is C33H42O9. The summed E-state index contributed by atoms with van der Waals surface area (Å²) in [6.07, 6.45) is 1.89. The molecule has 2 N–H and O–H groups in total. The summed E-state index contributed by atoms with van der Waals surface area (Å²) in [7, 11) is 0. The summed E-state index contributed by atoms with van der Waals surface area (Å²) >= 11 is 0. The van der Waals surface area contributed by atoms with Crippen LogP contribution in [0.4, 0.5) is 0 Å². The van der Waals surface area contributed by atoms with Crippen molar-refractivity contribution in [3.63, 3.8) is 0 Å². The standard InChI is InChI=1S/C33H42O9/c1-27(2,41-39)14-15-31-17-20-16-21-30(7,8)42-40-22(29(5,6)38)18-32(21,24(31)35)26(37)33(25(31)36,28(20,3)4)23(34)19-12-10-9-11-13-19/h9-15,20-22,38-39H,16-18H2,1-8H3/b15-14+/t20-,21+,22-,31-,32+,33-/m1/s1. The topological polar surface area (TPSA) is 136 Å². The second-order valence-electron chi connectivity index (χ2n) is 14.9. The fourth-order valence-corrected chi connectivity index (χ4v) is 8.31. The van der Waals surface area contributed by atoms with Crippen molar-refractivity contribution >= 4 is 23.1 Å². The van der Waals surface area contributed by atoms with E-state index in [0.717, 1.165) is 0 Å². The van der Waals surface area contributed by atoms with Gasteiger partial charge in [-0.15, -0.1) is 0 Å². The first-order chi connectivity index (χ1) is 19.3. The van der Waals surface area contributed by atoms with Crippen molar-refractivity contribution in [2.24, 2.45) is 33.5 Å².